The summed E-state index contributed by atoms with van der Waals surface area (Å²) in [5.74, 6) is 1.52. The van der Waals surface area contributed by atoms with Crippen LogP contribution in [0.1, 0.15) is 63.1 Å². The van der Waals surface area contributed by atoms with E-state index in [-0.39, 0.29) is 0 Å². The topological polar surface area (TPSA) is 65.7 Å². The van der Waals surface area contributed by atoms with E-state index in [0.29, 0.717) is 18.5 Å². The number of aliphatic imine (C=N–C) groups is 1. The second-order valence-electron chi connectivity index (χ2n) is 8.95. The quantitative estimate of drug-likeness (QED) is 0.529. The number of likely N-dealkylation sites (tertiary alicyclic amines) is 1. The standard InChI is InChI=1S/C25H37N5O/c1-3-26-25(29-21-13-15-30(16-14-21)23-7-5-4-6-8-23)27-17-22-18-31-24(28-22)20-11-9-19(2)10-12-20/h9-12,18,21,23H,3-8,13-17H2,1-2H3,(H2,26,27,29). The van der Waals surface area contributed by atoms with E-state index in [1.807, 2.05) is 12.1 Å². The van der Waals surface area contributed by atoms with Crippen LogP contribution in [0.4, 0.5) is 0 Å². The number of guanidine groups is 1. The highest BCUT2D eigenvalue weighted by Gasteiger charge is 2.26. The molecule has 168 valence electrons. The molecule has 1 aliphatic heterocycles. The van der Waals surface area contributed by atoms with Crippen LogP contribution < -0.4 is 10.6 Å². The zero-order chi connectivity index (χ0) is 21.5. The molecule has 2 fully saturated rings. The summed E-state index contributed by atoms with van der Waals surface area (Å²) in [6, 6.07) is 9.54. The van der Waals surface area contributed by atoms with E-state index in [1.54, 1.807) is 6.26 Å². The molecule has 1 saturated heterocycles. The minimum atomic E-state index is 0.484. The Labute approximate surface area is 186 Å². The maximum atomic E-state index is 5.68. The van der Waals surface area contributed by atoms with Gasteiger partial charge in [0.25, 0.3) is 0 Å². The number of benzene rings is 1. The number of nitrogens with zero attached hydrogens (tertiary/aromatic N) is 3. The Morgan fingerprint density at radius 3 is 2.55 bits per heavy atom. The molecule has 1 aliphatic carbocycles. The van der Waals surface area contributed by atoms with Gasteiger partial charge in [-0.25, -0.2) is 9.98 Å². The Hall–Kier alpha value is -2.34. The Balaban J connectivity index is 1.30. The minimum absolute atomic E-state index is 0.484. The summed E-state index contributed by atoms with van der Waals surface area (Å²) in [6.07, 6.45) is 11.1. The molecule has 4 rings (SSSR count). The maximum absolute atomic E-state index is 5.68. The lowest BCUT2D eigenvalue weighted by Gasteiger charge is -2.39. The fourth-order valence-electron chi connectivity index (χ4n) is 4.74. The summed E-state index contributed by atoms with van der Waals surface area (Å²) in [4.78, 5) is 12.1. The van der Waals surface area contributed by atoms with Crippen molar-refractivity contribution in [1.82, 2.24) is 20.5 Å². The van der Waals surface area contributed by atoms with E-state index < -0.39 is 0 Å². The smallest absolute Gasteiger partial charge is 0.226 e. The average molecular weight is 424 g/mol. The Bertz CT molecular complexity index is 830. The zero-order valence-electron chi connectivity index (χ0n) is 19.1. The lowest BCUT2D eigenvalue weighted by Crippen LogP contribution is -2.50. The third kappa shape index (κ3) is 6.10. The van der Waals surface area contributed by atoms with Gasteiger partial charge in [-0.3, -0.25) is 0 Å². The first kappa shape index (κ1) is 21.9. The zero-order valence-corrected chi connectivity index (χ0v) is 19.1. The molecule has 2 aromatic rings. The van der Waals surface area contributed by atoms with Gasteiger partial charge in [-0.2, -0.15) is 0 Å². The molecule has 2 aliphatic rings. The van der Waals surface area contributed by atoms with Crippen molar-refractivity contribution in [1.29, 1.82) is 0 Å². The molecule has 0 bridgehead atoms. The molecule has 2 N–H and O–H groups in total. The van der Waals surface area contributed by atoms with Crippen molar-refractivity contribution in [2.24, 2.45) is 4.99 Å². The summed E-state index contributed by atoms with van der Waals surface area (Å²) >= 11 is 0. The van der Waals surface area contributed by atoms with Gasteiger partial charge in [-0.15, -0.1) is 0 Å². The molecule has 2 heterocycles. The van der Waals surface area contributed by atoms with E-state index in [4.69, 9.17) is 9.41 Å². The van der Waals surface area contributed by atoms with Gasteiger partial charge in [-0.1, -0.05) is 37.0 Å². The van der Waals surface area contributed by atoms with Gasteiger partial charge in [0.05, 0.1) is 6.54 Å². The molecule has 1 saturated carbocycles. The number of nitrogens with one attached hydrogen (secondary N) is 2. The number of piperidine rings is 1. The van der Waals surface area contributed by atoms with Gasteiger partial charge in [0.1, 0.15) is 12.0 Å². The van der Waals surface area contributed by atoms with E-state index in [2.05, 4.69) is 46.5 Å². The fourth-order valence-corrected chi connectivity index (χ4v) is 4.74. The third-order valence-corrected chi connectivity index (χ3v) is 6.56. The van der Waals surface area contributed by atoms with Gasteiger partial charge < -0.3 is 20.0 Å². The first-order valence-corrected chi connectivity index (χ1v) is 12.0. The van der Waals surface area contributed by atoms with Crippen LogP contribution in [0, 0.1) is 6.92 Å². The van der Waals surface area contributed by atoms with Crippen molar-refractivity contribution in [3.8, 4) is 11.5 Å². The highest BCUT2D eigenvalue weighted by Crippen LogP contribution is 2.25. The second kappa shape index (κ2) is 10.8. The normalized spacial score (nSPS) is 19.5. The van der Waals surface area contributed by atoms with Crippen molar-refractivity contribution in [2.45, 2.75) is 77.4 Å². The highest BCUT2D eigenvalue weighted by molar-refractivity contribution is 5.80. The summed E-state index contributed by atoms with van der Waals surface area (Å²) in [7, 11) is 0. The molecular formula is C25H37N5O. The minimum Gasteiger partial charge on any atom is -0.444 e. The third-order valence-electron chi connectivity index (χ3n) is 6.56. The van der Waals surface area contributed by atoms with Gasteiger partial charge in [-0.05, 0) is 51.7 Å². The Morgan fingerprint density at radius 2 is 1.84 bits per heavy atom. The van der Waals surface area contributed by atoms with Crippen LogP contribution in [0.25, 0.3) is 11.5 Å². The van der Waals surface area contributed by atoms with Crippen LogP contribution >= 0.6 is 0 Å². The first-order chi connectivity index (χ1) is 15.2. The number of hydrogen-bond donors (Lipinski definition) is 2. The lowest BCUT2D eigenvalue weighted by molar-refractivity contribution is 0.119. The molecule has 0 amide bonds. The summed E-state index contributed by atoms with van der Waals surface area (Å²) in [5, 5.41) is 7.04. The molecule has 31 heavy (non-hydrogen) atoms. The SMILES string of the molecule is CCNC(=NCc1coc(-c2ccc(C)cc2)n1)NC1CCN(C2CCCCC2)CC1. The van der Waals surface area contributed by atoms with E-state index in [1.165, 1.54) is 63.6 Å². The van der Waals surface area contributed by atoms with Crippen LogP contribution in [0.2, 0.25) is 0 Å². The molecule has 0 unspecified atom stereocenters. The largest absolute Gasteiger partial charge is 0.444 e. The number of hydrogen-bond acceptors (Lipinski definition) is 4. The Morgan fingerprint density at radius 1 is 1.10 bits per heavy atom. The number of rotatable bonds is 6. The van der Waals surface area contributed by atoms with E-state index in [9.17, 15) is 0 Å². The number of aromatic nitrogens is 1. The van der Waals surface area contributed by atoms with Crippen molar-refractivity contribution in [2.75, 3.05) is 19.6 Å². The van der Waals surface area contributed by atoms with Crippen molar-refractivity contribution >= 4 is 5.96 Å². The molecule has 6 nitrogen and oxygen atoms in total. The lowest BCUT2D eigenvalue weighted by atomic mass is 9.92. The van der Waals surface area contributed by atoms with Crippen molar-refractivity contribution < 1.29 is 4.42 Å². The average Bonchev–Trinajstić information content (AvgIpc) is 3.28. The molecular weight excluding hydrogens is 386 g/mol. The van der Waals surface area contributed by atoms with Crippen molar-refractivity contribution in [3.05, 3.63) is 41.8 Å². The number of oxazole rings is 1. The van der Waals surface area contributed by atoms with Gasteiger partial charge in [0.15, 0.2) is 5.96 Å². The fraction of sp³-hybridized carbons (Fsp3) is 0.600. The monoisotopic (exact) mass is 423 g/mol. The van der Waals surface area contributed by atoms with Gasteiger partial charge in [0.2, 0.25) is 5.89 Å². The molecule has 0 atom stereocenters. The van der Waals surface area contributed by atoms with E-state index >= 15 is 0 Å². The van der Waals surface area contributed by atoms with Crippen LogP contribution in [0.5, 0.6) is 0 Å². The van der Waals surface area contributed by atoms with Gasteiger partial charge in [0, 0.05) is 37.3 Å². The number of aryl methyl sites for hydroxylation is 1. The summed E-state index contributed by atoms with van der Waals surface area (Å²) in [6.45, 7) is 7.94. The van der Waals surface area contributed by atoms with Crippen LogP contribution in [-0.2, 0) is 6.54 Å². The molecule has 0 spiro atoms. The molecule has 6 heteroatoms. The van der Waals surface area contributed by atoms with E-state index in [0.717, 1.165) is 29.8 Å². The van der Waals surface area contributed by atoms with Crippen LogP contribution in [0.15, 0.2) is 39.9 Å². The highest BCUT2D eigenvalue weighted by atomic mass is 16.3. The second-order valence-corrected chi connectivity index (χ2v) is 8.95. The van der Waals surface area contributed by atoms with Crippen LogP contribution in [-0.4, -0.2) is 47.6 Å². The summed E-state index contributed by atoms with van der Waals surface area (Å²) < 4.78 is 5.68. The molecule has 1 aromatic carbocycles. The van der Waals surface area contributed by atoms with Gasteiger partial charge >= 0.3 is 0 Å². The molecule has 1 aromatic heterocycles. The van der Waals surface area contributed by atoms with Crippen molar-refractivity contribution in [3.63, 3.8) is 0 Å². The Kier molecular flexibility index (Phi) is 7.62. The summed E-state index contributed by atoms with van der Waals surface area (Å²) in [5.41, 5.74) is 3.07. The predicted molar refractivity (Wildman–Crippen MR) is 126 cm³/mol. The van der Waals surface area contributed by atoms with Crippen LogP contribution in [0.3, 0.4) is 0 Å². The maximum Gasteiger partial charge on any atom is 0.226 e. The first-order valence-electron chi connectivity index (χ1n) is 12.0. The molecule has 0 radical (unpaired) electrons. The predicted octanol–water partition coefficient (Wildman–Crippen LogP) is 4.50.